The third-order valence-electron chi connectivity index (χ3n) is 3.53. The standard InChI is InChI=1S/C14H16N2OS/c17-9-12-4-1-5-16-13(12)8-15-14(16)7-11-3-2-6-18-10-11/h1,4-5,8-9,11H,2-3,6-7,10H2. The van der Waals surface area contributed by atoms with Gasteiger partial charge in [0.2, 0.25) is 0 Å². The highest BCUT2D eigenvalue weighted by atomic mass is 32.2. The molecule has 0 spiro atoms. The van der Waals surface area contributed by atoms with E-state index in [0.29, 0.717) is 5.56 Å². The van der Waals surface area contributed by atoms with Gasteiger partial charge in [-0.05, 0) is 42.4 Å². The second kappa shape index (κ2) is 5.14. The minimum Gasteiger partial charge on any atom is -0.303 e. The Morgan fingerprint density at radius 3 is 3.28 bits per heavy atom. The number of carbonyl (C=O) groups excluding carboxylic acids is 1. The van der Waals surface area contributed by atoms with Gasteiger partial charge in [0.25, 0.3) is 0 Å². The van der Waals surface area contributed by atoms with Crippen molar-refractivity contribution in [3.05, 3.63) is 35.9 Å². The van der Waals surface area contributed by atoms with Crippen LogP contribution < -0.4 is 0 Å². The molecular weight excluding hydrogens is 244 g/mol. The second-order valence-corrected chi connectivity index (χ2v) is 5.95. The fraction of sp³-hybridized carbons (Fsp3) is 0.429. The fourth-order valence-corrected chi connectivity index (χ4v) is 3.73. The molecule has 1 atom stereocenters. The zero-order chi connectivity index (χ0) is 12.4. The number of nitrogens with zero attached hydrogens (tertiary/aromatic N) is 2. The van der Waals surface area contributed by atoms with Crippen LogP contribution >= 0.6 is 11.8 Å². The summed E-state index contributed by atoms with van der Waals surface area (Å²) in [6, 6.07) is 3.75. The maximum Gasteiger partial charge on any atom is 0.152 e. The molecule has 1 aliphatic heterocycles. The summed E-state index contributed by atoms with van der Waals surface area (Å²) in [5.41, 5.74) is 1.64. The molecule has 1 fully saturated rings. The van der Waals surface area contributed by atoms with E-state index in [1.165, 1.54) is 24.3 Å². The van der Waals surface area contributed by atoms with Crippen molar-refractivity contribution in [2.75, 3.05) is 11.5 Å². The van der Waals surface area contributed by atoms with Crippen LogP contribution in [0.5, 0.6) is 0 Å². The van der Waals surface area contributed by atoms with Gasteiger partial charge in [-0.3, -0.25) is 4.79 Å². The van der Waals surface area contributed by atoms with E-state index in [9.17, 15) is 4.79 Å². The summed E-state index contributed by atoms with van der Waals surface area (Å²) in [5.74, 6) is 4.35. The van der Waals surface area contributed by atoms with Crippen LogP contribution in [-0.4, -0.2) is 27.2 Å². The highest BCUT2D eigenvalue weighted by Crippen LogP contribution is 2.25. The van der Waals surface area contributed by atoms with Gasteiger partial charge >= 0.3 is 0 Å². The van der Waals surface area contributed by atoms with E-state index in [1.54, 1.807) is 0 Å². The van der Waals surface area contributed by atoms with Gasteiger partial charge in [0.15, 0.2) is 6.29 Å². The lowest BCUT2D eigenvalue weighted by Crippen LogP contribution is -2.14. The smallest absolute Gasteiger partial charge is 0.152 e. The predicted octanol–water partition coefficient (Wildman–Crippen LogP) is 2.83. The van der Waals surface area contributed by atoms with Crippen LogP contribution in [0.25, 0.3) is 5.52 Å². The third-order valence-corrected chi connectivity index (χ3v) is 4.82. The molecule has 0 N–H and O–H groups in total. The number of aldehydes is 1. The number of pyridine rings is 1. The molecule has 0 amide bonds. The Hall–Kier alpha value is -1.29. The average molecular weight is 260 g/mol. The lowest BCUT2D eigenvalue weighted by atomic mass is 10.0. The van der Waals surface area contributed by atoms with Crippen molar-refractivity contribution < 1.29 is 4.79 Å². The molecule has 3 heterocycles. The summed E-state index contributed by atoms with van der Waals surface area (Å²) in [5, 5.41) is 0. The summed E-state index contributed by atoms with van der Waals surface area (Å²) >= 11 is 2.04. The summed E-state index contributed by atoms with van der Waals surface area (Å²) < 4.78 is 2.06. The van der Waals surface area contributed by atoms with E-state index in [0.717, 1.165) is 30.0 Å². The number of rotatable bonds is 3. The lowest BCUT2D eigenvalue weighted by molar-refractivity contribution is 0.112. The molecule has 4 heteroatoms. The van der Waals surface area contributed by atoms with Crippen molar-refractivity contribution in [1.82, 2.24) is 9.38 Å². The van der Waals surface area contributed by atoms with Gasteiger partial charge in [-0.1, -0.05) is 0 Å². The Morgan fingerprint density at radius 2 is 2.50 bits per heavy atom. The summed E-state index contributed by atoms with van der Waals surface area (Å²) in [7, 11) is 0. The maximum atomic E-state index is 11.0. The molecule has 0 aromatic carbocycles. The highest BCUT2D eigenvalue weighted by molar-refractivity contribution is 7.99. The topological polar surface area (TPSA) is 34.4 Å². The number of thioether (sulfide) groups is 1. The number of carbonyl (C=O) groups is 1. The molecule has 2 aromatic heterocycles. The monoisotopic (exact) mass is 260 g/mol. The molecule has 1 aliphatic rings. The van der Waals surface area contributed by atoms with Crippen LogP contribution in [0.15, 0.2) is 24.5 Å². The highest BCUT2D eigenvalue weighted by Gasteiger charge is 2.17. The SMILES string of the molecule is O=Cc1cccn2c(CC3CCCSC3)ncc12. The molecule has 0 aliphatic carbocycles. The van der Waals surface area contributed by atoms with Crippen LogP contribution in [0.2, 0.25) is 0 Å². The molecule has 1 unspecified atom stereocenters. The van der Waals surface area contributed by atoms with E-state index in [1.807, 2.05) is 36.3 Å². The van der Waals surface area contributed by atoms with Gasteiger partial charge in [0, 0.05) is 18.2 Å². The lowest BCUT2D eigenvalue weighted by Gasteiger charge is -2.20. The molecular formula is C14H16N2OS. The normalized spacial score (nSPS) is 20.1. The van der Waals surface area contributed by atoms with Gasteiger partial charge in [-0.15, -0.1) is 0 Å². The van der Waals surface area contributed by atoms with Crippen molar-refractivity contribution in [3.8, 4) is 0 Å². The Labute approximate surface area is 111 Å². The van der Waals surface area contributed by atoms with Gasteiger partial charge in [-0.2, -0.15) is 11.8 Å². The third kappa shape index (κ3) is 2.17. The largest absolute Gasteiger partial charge is 0.303 e. The minimum absolute atomic E-state index is 0.717. The summed E-state index contributed by atoms with van der Waals surface area (Å²) in [6.45, 7) is 0. The number of fused-ring (bicyclic) bond motifs is 1. The zero-order valence-corrected chi connectivity index (χ0v) is 11.0. The molecule has 94 valence electrons. The van der Waals surface area contributed by atoms with E-state index >= 15 is 0 Å². The van der Waals surface area contributed by atoms with E-state index in [-0.39, 0.29) is 0 Å². The minimum atomic E-state index is 0.717. The van der Waals surface area contributed by atoms with Crippen molar-refractivity contribution in [3.63, 3.8) is 0 Å². The first kappa shape index (κ1) is 11.8. The summed E-state index contributed by atoms with van der Waals surface area (Å²) in [6.07, 6.45) is 8.35. The Kier molecular flexibility index (Phi) is 3.37. The van der Waals surface area contributed by atoms with Crippen molar-refractivity contribution >= 4 is 23.6 Å². The van der Waals surface area contributed by atoms with Gasteiger partial charge in [0.1, 0.15) is 5.82 Å². The fourth-order valence-electron chi connectivity index (χ4n) is 2.57. The first-order valence-electron chi connectivity index (χ1n) is 6.36. The number of aromatic nitrogens is 2. The van der Waals surface area contributed by atoms with Crippen LogP contribution in [-0.2, 0) is 6.42 Å². The Bertz CT molecular complexity index is 558. The molecule has 3 rings (SSSR count). The second-order valence-electron chi connectivity index (χ2n) is 4.80. The zero-order valence-electron chi connectivity index (χ0n) is 10.2. The van der Waals surface area contributed by atoms with Crippen molar-refractivity contribution in [2.24, 2.45) is 5.92 Å². The number of imidazole rings is 1. The van der Waals surface area contributed by atoms with Gasteiger partial charge in [-0.25, -0.2) is 4.98 Å². The van der Waals surface area contributed by atoms with Gasteiger partial charge < -0.3 is 4.40 Å². The van der Waals surface area contributed by atoms with Crippen LogP contribution in [0, 0.1) is 5.92 Å². The number of hydrogen-bond acceptors (Lipinski definition) is 3. The van der Waals surface area contributed by atoms with Crippen molar-refractivity contribution in [2.45, 2.75) is 19.3 Å². The average Bonchev–Trinajstić information content (AvgIpc) is 2.83. The molecule has 3 nitrogen and oxygen atoms in total. The first-order valence-corrected chi connectivity index (χ1v) is 7.52. The molecule has 0 radical (unpaired) electrons. The van der Waals surface area contributed by atoms with E-state index in [4.69, 9.17) is 0 Å². The molecule has 1 saturated heterocycles. The van der Waals surface area contributed by atoms with E-state index in [2.05, 4.69) is 9.38 Å². The molecule has 2 aromatic rings. The number of hydrogen-bond donors (Lipinski definition) is 0. The summed E-state index contributed by atoms with van der Waals surface area (Å²) in [4.78, 5) is 15.5. The van der Waals surface area contributed by atoms with E-state index < -0.39 is 0 Å². The first-order chi connectivity index (χ1) is 8.88. The molecule has 0 bridgehead atoms. The Balaban J connectivity index is 1.90. The predicted molar refractivity (Wildman–Crippen MR) is 74.3 cm³/mol. The maximum absolute atomic E-state index is 11.0. The molecule has 18 heavy (non-hydrogen) atoms. The quantitative estimate of drug-likeness (QED) is 0.796. The van der Waals surface area contributed by atoms with Crippen LogP contribution in [0.3, 0.4) is 0 Å². The van der Waals surface area contributed by atoms with Crippen molar-refractivity contribution in [1.29, 1.82) is 0 Å². The molecule has 0 saturated carbocycles. The van der Waals surface area contributed by atoms with Crippen LogP contribution in [0.1, 0.15) is 29.0 Å². The Morgan fingerprint density at radius 1 is 1.56 bits per heavy atom. The van der Waals surface area contributed by atoms with Crippen LogP contribution in [0.4, 0.5) is 0 Å². The van der Waals surface area contributed by atoms with Gasteiger partial charge in [0.05, 0.1) is 11.7 Å².